The van der Waals surface area contributed by atoms with Crippen molar-refractivity contribution in [3.63, 3.8) is 0 Å². The van der Waals surface area contributed by atoms with Crippen molar-refractivity contribution in [1.82, 2.24) is 20.4 Å². The number of rotatable bonds is 19. The fourth-order valence-electron chi connectivity index (χ4n) is 3.13. The number of carbonyl (C=O) groups is 2. The molecule has 0 radical (unpaired) electrons. The monoisotopic (exact) mass is 472 g/mol. The van der Waals surface area contributed by atoms with Gasteiger partial charge >= 0.3 is 0 Å². The highest BCUT2D eigenvalue weighted by Crippen LogP contribution is 2.10. The molecule has 0 unspecified atom stereocenters. The van der Waals surface area contributed by atoms with Gasteiger partial charge in [0.1, 0.15) is 6.54 Å². The van der Waals surface area contributed by atoms with Crippen LogP contribution in [0.4, 0.5) is 0 Å². The van der Waals surface area contributed by atoms with E-state index < -0.39 is 0 Å². The molecule has 2 amide bonds. The van der Waals surface area contributed by atoms with E-state index in [1.54, 1.807) is 0 Å². The summed E-state index contributed by atoms with van der Waals surface area (Å²) in [5, 5.41) is 5.99. The van der Waals surface area contributed by atoms with Gasteiger partial charge in [-0.25, -0.2) is 0 Å². The maximum absolute atomic E-state index is 12.0. The summed E-state index contributed by atoms with van der Waals surface area (Å²) < 4.78 is 6.58. The second kappa shape index (κ2) is 17.2. The van der Waals surface area contributed by atoms with Crippen molar-refractivity contribution in [2.75, 3.05) is 87.7 Å². The van der Waals surface area contributed by atoms with Gasteiger partial charge in [0.05, 0.1) is 33.9 Å². The summed E-state index contributed by atoms with van der Waals surface area (Å²) in [4.78, 5) is 28.4. The first-order valence-electron chi connectivity index (χ1n) is 12.6. The Morgan fingerprint density at radius 3 is 1.85 bits per heavy atom. The van der Waals surface area contributed by atoms with Crippen LogP contribution >= 0.6 is 0 Å². The zero-order chi connectivity index (χ0) is 25.3. The second-order valence-corrected chi connectivity index (χ2v) is 11.0. The zero-order valence-corrected chi connectivity index (χ0v) is 23.0. The molecule has 0 saturated heterocycles. The molecule has 0 aromatic heterocycles. The third-order valence-electron chi connectivity index (χ3n) is 5.98. The maximum Gasteiger partial charge on any atom is 0.219 e. The molecule has 0 atom stereocenters. The summed E-state index contributed by atoms with van der Waals surface area (Å²) in [7, 11) is 10.6. The molecule has 2 N–H and O–H groups in total. The molecule has 0 fully saturated rings. The molecule has 196 valence electrons. The highest BCUT2D eigenvalue weighted by atomic mass is 16.5. The molecule has 0 rings (SSSR count). The molecule has 8 nitrogen and oxygen atoms in total. The molecule has 8 heteroatoms. The molecule has 0 heterocycles. The lowest BCUT2D eigenvalue weighted by Crippen LogP contribution is -2.44. The van der Waals surface area contributed by atoms with Crippen molar-refractivity contribution in [2.45, 2.75) is 64.8 Å². The van der Waals surface area contributed by atoms with E-state index in [1.165, 1.54) is 0 Å². The predicted molar refractivity (Wildman–Crippen MR) is 137 cm³/mol. The van der Waals surface area contributed by atoms with E-state index in [1.807, 2.05) is 14.1 Å². The van der Waals surface area contributed by atoms with Crippen molar-refractivity contribution < 1.29 is 18.8 Å². The Labute approximate surface area is 204 Å². The highest BCUT2D eigenvalue weighted by molar-refractivity contribution is 5.77. The van der Waals surface area contributed by atoms with Crippen molar-refractivity contribution in [3.05, 3.63) is 0 Å². The van der Waals surface area contributed by atoms with Crippen LogP contribution in [0.5, 0.6) is 0 Å². The topological polar surface area (TPSA) is 73.9 Å². The quantitative estimate of drug-likeness (QED) is 0.222. The number of amides is 2. The Bertz CT molecular complexity index is 533. The fraction of sp³-hybridized carbons (Fsp3) is 0.920. The van der Waals surface area contributed by atoms with E-state index in [-0.39, 0.29) is 17.4 Å². The number of quaternary nitrogens is 1. The van der Waals surface area contributed by atoms with Crippen LogP contribution in [0.15, 0.2) is 0 Å². The van der Waals surface area contributed by atoms with E-state index >= 15 is 0 Å². The van der Waals surface area contributed by atoms with Gasteiger partial charge in [-0.3, -0.25) is 9.59 Å². The lowest BCUT2D eigenvalue weighted by molar-refractivity contribution is -0.890. The number of unbranched alkanes of at least 4 members (excludes halogenated alkanes) is 1. The normalized spacial score (nSPS) is 12.4. The SMILES string of the molecule is CN(C)CCOCC[N+](C)(C)CCCNC(=O)CCCCC(=O)NCCCN(C)C(C)(C)C. The van der Waals surface area contributed by atoms with Crippen LogP contribution < -0.4 is 10.6 Å². The summed E-state index contributed by atoms with van der Waals surface area (Å²) in [6.45, 7) is 13.4. The van der Waals surface area contributed by atoms with Crippen molar-refractivity contribution in [2.24, 2.45) is 0 Å². The molecule has 0 aliphatic carbocycles. The van der Waals surface area contributed by atoms with Crippen LogP contribution in [-0.4, -0.2) is 119 Å². The van der Waals surface area contributed by atoms with Gasteiger partial charge in [-0.15, -0.1) is 0 Å². The molecule has 0 aliphatic heterocycles. The Morgan fingerprint density at radius 2 is 1.33 bits per heavy atom. The van der Waals surface area contributed by atoms with Crippen LogP contribution in [0.3, 0.4) is 0 Å². The summed E-state index contributed by atoms with van der Waals surface area (Å²) >= 11 is 0. The minimum Gasteiger partial charge on any atom is -0.374 e. The summed E-state index contributed by atoms with van der Waals surface area (Å²) in [6.07, 6.45) is 4.37. The molecule has 0 spiro atoms. The van der Waals surface area contributed by atoms with Gasteiger partial charge in [-0.1, -0.05) is 0 Å². The van der Waals surface area contributed by atoms with E-state index in [9.17, 15) is 9.59 Å². The van der Waals surface area contributed by atoms with E-state index in [2.05, 4.69) is 62.3 Å². The zero-order valence-electron chi connectivity index (χ0n) is 23.0. The molecular weight excluding hydrogens is 418 g/mol. The van der Waals surface area contributed by atoms with Crippen LogP contribution in [-0.2, 0) is 14.3 Å². The molecule has 0 bridgehead atoms. The third-order valence-corrected chi connectivity index (χ3v) is 5.98. The largest absolute Gasteiger partial charge is 0.374 e. The molecule has 0 aromatic rings. The molecule has 33 heavy (non-hydrogen) atoms. The van der Waals surface area contributed by atoms with E-state index in [0.29, 0.717) is 25.9 Å². The fourth-order valence-corrected chi connectivity index (χ4v) is 3.13. The van der Waals surface area contributed by atoms with Gasteiger partial charge in [-0.05, 0) is 61.2 Å². The van der Waals surface area contributed by atoms with Gasteiger partial charge in [0.15, 0.2) is 0 Å². The van der Waals surface area contributed by atoms with Gasteiger partial charge < -0.3 is 29.7 Å². The molecule has 0 aliphatic rings. The third kappa shape index (κ3) is 19.9. The minimum absolute atomic E-state index is 0.0814. The summed E-state index contributed by atoms with van der Waals surface area (Å²) in [5.74, 6) is 0.164. The smallest absolute Gasteiger partial charge is 0.219 e. The molecule has 0 aromatic carbocycles. The van der Waals surface area contributed by atoms with E-state index in [0.717, 1.165) is 69.6 Å². The van der Waals surface area contributed by atoms with Gasteiger partial charge in [0.25, 0.3) is 0 Å². The average molecular weight is 473 g/mol. The van der Waals surface area contributed by atoms with Crippen molar-refractivity contribution in [1.29, 1.82) is 0 Å². The first-order chi connectivity index (χ1) is 15.3. The van der Waals surface area contributed by atoms with Crippen LogP contribution in [0.25, 0.3) is 0 Å². The number of hydrogen-bond donors (Lipinski definition) is 2. The Kier molecular flexibility index (Phi) is 16.6. The van der Waals surface area contributed by atoms with Crippen LogP contribution in [0, 0.1) is 0 Å². The number of hydrogen-bond acceptors (Lipinski definition) is 5. The number of nitrogens with zero attached hydrogens (tertiary/aromatic N) is 3. The van der Waals surface area contributed by atoms with Crippen LogP contribution in [0.1, 0.15) is 59.3 Å². The number of nitrogens with one attached hydrogen (secondary N) is 2. The Balaban J connectivity index is 3.67. The van der Waals surface area contributed by atoms with Gasteiger partial charge in [0, 0.05) is 51.0 Å². The van der Waals surface area contributed by atoms with Crippen molar-refractivity contribution >= 4 is 11.8 Å². The number of carbonyl (C=O) groups excluding carboxylic acids is 2. The standard InChI is InChI=1S/C25H53N5O3/c1-25(2,3)29(6)17-11-15-26-23(31)13-9-10-14-24(32)27-16-12-19-30(7,8)20-22-33-21-18-28(4)5/h9-22H2,1-8H3,(H-,26,27,31,32)/p+1. The second-order valence-electron chi connectivity index (χ2n) is 11.0. The Morgan fingerprint density at radius 1 is 0.788 bits per heavy atom. The molecular formula is C25H54N5O3+. The maximum atomic E-state index is 12.0. The minimum atomic E-state index is 0.0814. The van der Waals surface area contributed by atoms with Crippen molar-refractivity contribution in [3.8, 4) is 0 Å². The summed E-state index contributed by atoms with van der Waals surface area (Å²) in [5.41, 5.74) is 0.153. The first-order valence-corrected chi connectivity index (χ1v) is 12.6. The number of ether oxygens (including phenoxy) is 1. The van der Waals surface area contributed by atoms with E-state index in [4.69, 9.17) is 4.74 Å². The molecule has 0 saturated carbocycles. The van der Waals surface area contributed by atoms with Gasteiger partial charge in [-0.2, -0.15) is 0 Å². The van der Waals surface area contributed by atoms with Gasteiger partial charge in [0.2, 0.25) is 11.8 Å². The lowest BCUT2D eigenvalue weighted by atomic mass is 10.1. The summed E-state index contributed by atoms with van der Waals surface area (Å²) in [6, 6.07) is 0. The predicted octanol–water partition coefficient (Wildman–Crippen LogP) is 1.94. The number of likely N-dealkylation sites (N-methyl/N-ethyl adjacent to an activating group) is 2. The lowest BCUT2D eigenvalue weighted by Gasteiger charge is -2.31. The Hall–Kier alpha value is -1.22. The highest BCUT2D eigenvalue weighted by Gasteiger charge is 2.16. The average Bonchev–Trinajstić information content (AvgIpc) is 2.70. The first kappa shape index (κ1) is 31.8. The van der Waals surface area contributed by atoms with Crippen LogP contribution in [0.2, 0.25) is 0 Å².